The highest BCUT2D eigenvalue weighted by Gasteiger charge is 2.29. The Morgan fingerprint density at radius 1 is 1.32 bits per heavy atom. The number of rotatable bonds is 7. The molecule has 1 saturated carbocycles. The molecule has 0 unspecified atom stereocenters. The molecule has 0 spiro atoms. The van der Waals surface area contributed by atoms with E-state index in [1.807, 2.05) is 6.92 Å². The summed E-state index contributed by atoms with van der Waals surface area (Å²) in [5.41, 5.74) is 1.26. The average Bonchev–Trinajstić information content (AvgIpc) is 3.26. The molecule has 1 aliphatic carbocycles. The summed E-state index contributed by atoms with van der Waals surface area (Å²) in [6.07, 6.45) is 2.22. The van der Waals surface area contributed by atoms with E-state index < -0.39 is 0 Å². The zero-order valence-electron chi connectivity index (χ0n) is 13.6. The number of hydrogen-bond donors (Lipinski definition) is 1. The number of hydrogen-bond acceptors (Lipinski definition) is 5. The molecule has 0 bridgehead atoms. The van der Waals surface area contributed by atoms with Crippen LogP contribution in [0, 0.1) is 12.8 Å². The SMILES string of the molecule is CC(=O)c1c(C)nc(C2CC2)nc1SCC(=O)NCC(C)C. The van der Waals surface area contributed by atoms with Gasteiger partial charge in [-0.1, -0.05) is 25.6 Å². The third-order valence-corrected chi connectivity index (χ3v) is 4.39. The summed E-state index contributed by atoms with van der Waals surface area (Å²) in [7, 11) is 0. The van der Waals surface area contributed by atoms with E-state index in [0.717, 1.165) is 24.4 Å². The lowest BCUT2D eigenvalue weighted by molar-refractivity contribution is -0.118. The Balaban J connectivity index is 2.10. The van der Waals surface area contributed by atoms with Crippen molar-refractivity contribution >= 4 is 23.5 Å². The van der Waals surface area contributed by atoms with Gasteiger partial charge in [-0.15, -0.1) is 0 Å². The van der Waals surface area contributed by atoms with Crippen molar-refractivity contribution in [2.75, 3.05) is 12.3 Å². The van der Waals surface area contributed by atoms with E-state index in [9.17, 15) is 9.59 Å². The summed E-state index contributed by atoms with van der Waals surface area (Å²) in [6.45, 7) is 8.13. The number of aromatic nitrogens is 2. The molecule has 0 aliphatic heterocycles. The number of carbonyl (C=O) groups is 2. The fourth-order valence-electron chi connectivity index (χ4n) is 2.10. The molecule has 0 saturated heterocycles. The molecule has 0 radical (unpaired) electrons. The van der Waals surface area contributed by atoms with Crippen molar-refractivity contribution in [3.8, 4) is 0 Å². The minimum atomic E-state index is -0.0510. The molecular weight excluding hydrogens is 298 g/mol. The lowest BCUT2D eigenvalue weighted by Crippen LogP contribution is -2.28. The monoisotopic (exact) mass is 321 g/mol. The minimum Gasteiger partial charge on any atom is -0.355 e. The summed E-state index contributed by atoms with van der Waals surface area (Å²) in [5.74, 6) is 1.85. The van der Waals surface area contributed by atoms with Crippen LogP contribution in [-0.4, -0.2) is 34.0 Å². The first-order valence-corrected chi connectivity index (χ1v) is 8.66. The molecule has 120 valence electrons. The zero-order chi connectivity index (χ0) is 16.3. The van der Waals surface area contributed by atoms with Crippen molar-refractivity contribution in [1.82, 2.24) is 15.3 Å². The standard InChI is InChI=1S/C16H23N3O2S/c1-9(2)7-17-13(21)8-22-16-14(11(4)20)10(3)18-15(19-16)12-5-6-12/h9,12H,5-8H2,1-4H3,(H,17,21). The van der Waals surface area contributed by atoms with E-state index in [4.69, 9.17) is 0 Å². The average molecular weight is 321 g/mol. The maximum Gasteiger partial charge on any atom is 0.230 e. The number of nitrogens with one attached hydrogen (secondary N) is 1. The molecule has 22 heavy (non-hydrogen) atoms. The summed E-state index contributed by atoms with van der Waals surface area (Å²) in [5, 5.41) is 3.52. The van der Waals surface area contributed by atoms with Gasteiger partial charge in [0.05, 0.1) is 17.0 Å². The number of thioether (sulfide) groups is 1. The van der Waals surface area contributed by atoms with Crippen molar-refractivity contribution in [1.29, 1.82) is 0 Å². The van der Waals surface area contributed by atoms with Crippen LogP contribution in [0.15, 0.2) is 5.03 Å². The normalized spacial score (nSPS) is 14.2. The summed E-state index contributed by atoms with van der Waals surface area (Å²) in [6, 6.07) is 0. The van der Waals surface area contributed by atoms with E-state index in [1.165, 1.54) is 18.7 Å². The molecule has 1 aromatic rings. The van der Waals surface area contributed by atoms with Crippen LogP contribution in [0.25, 0.3) is 0 Å². The third kappa shape index (κ3) is 4.53. The topological polar surface area (TPSA) is 72.0 Å². The van der Waals surface area contributed by atoms with Gasteiger partial charge in [-0.25, -0.2) is 9.97 Å². The van der Waals surface area contributed by atoms with E-state index >= 15 is 0 Å². The van der Waals surface area contributed by atoms with E-state index in [0.29, 0.717) is 29.0 Å². The number of ketones is 1. The van der Waals surface area contributed by atoms with Crippen LogP contribution in [0.1, 0.15) is 61.4 Å². The van der Waals surface area contributed by atoms with Crippen molar-refractivity contribution in [2.24, 2.45) is 5.92 Å². The van der Waals surface area contributed by atoms with Crippen molar-refractivity contribution in [3.05, 3.63) is 17.1 Å². The van der Waals surface area contributed by atoms with Gasteiger partial charge in [0.2, 0.25) is 5.91 Å². The lowest BCUT2D eigenvalue weighted by Gasteiger charge is -2.11. The van der Waals surface area contributed by atoms with Crippen LogP contribution in [0.4, 0.5) is 0 Å². The van der Waals surface area contributed by atoms with Crippen LogP contribution < -0.4 is 5.32 Å². The Kier molecular flexibility index (Phi) is 5.56. The van der Waals surface area contributed by atoms with Gasteiger partial charge in [-0.2, -0.15) is 0 Å². The second-order valence-electron chi connectivity index (χ2n) is 6.16. The highest BCUT2D eigenvalue weighted by atomic mass is 32.2. The molecule has 1 N–H and O–H groups in total. The predicted molar refractivity (Wildman–Crippen MR) is 87.3 cm³/mol. The molecule has 1 amide bonds. The fraction of sp³-hybridized carbons (Fsp3) is 0.625. The highest BCUT2D eigenvalue weighted by molar-refractivity contribution is 8.00. The minimum absolute atomic E-state index is 0.0301. The van der Waals surface area contributed by atoms with Crippen molar-refractivity contribution in [3.63, 3.8) is 0 Å². The Labute approximate surface area is 135 Å². The molecule has 2 rings (SSSR count). The van der Waals surface area contributed by atoms with Crippen LogP contribution in [0.5, 0.6) is 0 Å². The molecule has 0 aromatic carbocycles. The Morgan fingerprint density at radius 2 is 2.00 bits per heavy atom. The first kappa shape index (κ1) is 16.9. The van der Waals surface area contributed by atoms with Gasteiger partial charge in [0.15, 0.2) is 5.78 Å². The maximum absolute atomic E-state index is 11.9. The third-order valence-electron chi connectivity index (χ3n) is 3.42. The molecular formula is C16H23N3O2S. The van der Waals surface area contributed by atoms with Crippen molar-refractivity contribution in [2.45, 2.75) is 51.5 Å². The van der Waals surface area contributed by atoms with Crippen LogP contribution in [-0.2, 0) is 4.79 Å². The molecule has 1 fully saturated rings. The molecule has 1 aromatic heterocycles. The second kappa shape index (κ2) is 7.22. The second-order valence-corrected chi connectivity index (χ2v) is 7.13. The van der Waals surface area contributed by atoms with Gasteiger partial charge in [0, 0.05) is 12.5 Å². The summed E-state index contributed by atoms with van der Waals surface area (Å²) in [4.78, 5) is 32.7. The zero-order valence-corrected chi connectivity index (χ0v) is 14.4. The van der Waals surface area contributed by atoms with Crippen LogP contribution >= 0.6 is 11.8 Å². The largest absolute Gasteiger partial charge is 0.355 e. The van der Waals surface area contributed by atoms with Gasteiger partial charge >= 0.3 is 0 Å². The van der Waals surface area contributed by atoms with Crippen molar-refractivity contribution < 1.29 is 9.59 Å². The number of amides is 1. The molecule has 1 aliphatic rings. The molecule has 0 atom stereocenters. The van der Waals surface area contributed by atoms with Gasteiger partial charge in [0.25, 0.3) is 0 Å². The molecule has 6 heteroatoms. The maximum atomic E-state index is 11.9. The van der Waals surface area contributed by atoms with E-state index in [2.05, 4.69) is 29.1 Å². The Bertz CT molecular complexity index is 583. The quantitative estimate of drug-likeness (QED) is 0.475. The highest BCUT2D eigenvalue weighted by Crippen LogP contribution is 2.39. The van der Waals surface area contributed by atoms with Gasteiger partial charge in [-0.05, 0) is 32.6 Å². The van der Waals surface area contributed by atoms with Crippen LogP contribution in [0.2, 0.25) is 0 Å². The lowest BCUT2D eigenvalue weighted by atomic mass is 10.2. The number of Topliss-reactive ketones (excluding diaryl/α,β-unsaturated/α-hetero) is 1. The first-order valence-electron chi connectivity index (χ1n) is 7.67. The number of aryl methyl sites for hydroxylation is 1. The van der Waals surface area contributed by atoms with E-state index in [1.54, 1.807) is 0 Å². The van der Waals surface area contributed by atoms with Crippen LogP contribution in [0.3, 0.4) is 0 Å². The predicted octanol–water partition coefficient (Wildman–Crippen LogP) is 2.73. The number of carbonyl (C=O) groups excluding carboxylic acids is 2. The Hall–Kier alpha value is -1.43. The summed E-state index contributed by atoms with van der Waals surface area (Å²) >= 11 is 1.32. The smallest absolute Gasteiger partial charge is 0.230 e. The fourth-order valence-corrected chi connectivity index (χ4v) is 3.07. The van der Waals surface area contributed by atoms with Gasteiger partial charge < -0.3 is 5.32 Å². The Morgan fingerprint density at radius 3 is 2.55 bits per heavy atom. The number of nitrogens with zero attached hydrogens (tertiary/aromatic N) is 2. The molecule has 1 heterocycles. The summed E-state index contributed by atoms with van der Waals surface area (Å²) < 4.78 is 0. The van der Waals surface area contributed by atoms with E-state index in [-0.39, 0.29) is 17.4 Å². The van der Waals surface area contributed by atoms with Gasteiger partial charge in [-0.3, -0.25) is 9.59 Å². The first-order chi connectivity index (χ1) is 10.4. The van der Waals surface area contributed by atoms with Gasteiger partial charge in [0.1, 0.15) is 10.9 Å². The molecule has 5 nitrogen and oxygen atoms in total.